The van der Waals surface area contributed by atoms with Crippen LogP contribution < -0.4 is 10.6 Å². The van der Waals surface area contributed by atoms with Gasteiger partial charge in [-0.15, -0.1) is 0 Å². The van der Waals surface area contributed by atoms with Crippen LogP contribution in [0.25, 0.3) is 11.0 Å². The molecule has 1 saturated heterocycles. The molecule has 0 bridgehead atoms. The smallest absolute Gasteiger partial charge is 0.464 e. The molecular formula is C19H19BN4O5. The maximum atomic E-state index is 12.5. The number of benzene rings is 1. The highest BCUT2D eigenvalue weighted by Gasteiger charge is 2.39. The van der Waals surface area contributed by atoms with E-state index in [1.165, 1.54) is 18.6 Å². The lowest BCUT2D eigenvalue weighted by Crippen LogP contribution is -2.51. The van der Waals surface area contributed by atoms with Gasteiger partial charge in [0.05, 0.1) is 31.1 Å². The van der Waals surface area contributed by atoms with Gasteiger partial charge >= 0.3 is 18.9 Å². The van der Waals surface area contributed by atoms with E-state index >= 15 is 0 Å². The predicted octanol–water partition coefficient (Wildman–Crippen LogP) is 1.35. The van der Waals surface area contributed by atoms with Gasteiger partial charge in [-0.1, -0.05) is 18.2 Å². The first-order valence-electron chi connectivity index (χ1n) is 9.20. The molecule has 2 aromatic heterocycles. The molecule has 1 unspecified atom stereocenters. The molecule has 1 aliphatic heterocycles. The molecular weight excluding hydrogens is 375 g/mol. The molecule has 0 radical (unpaired) electrons. The number of carbonyl (C=O) groups is 2. The van der Waals surface area contributed by atoms with Gasteiger partial charge in [0.2, 0.25) is 0 Å². The van der Waals surface area contributed by atoms with Gasteiger partial charge in [0.25, 0.3) is 0 Å². The number of para-hydroxylation sites is 1. The number of nitrogens with one attached hydrogen (secondary N) is 2. The summed E-state index contributed by atoms with van der Waals surface area (Å²) in [6, 6.07) is 7.60. The third-order valence-corrected chi connectivity index (χ3v) is 4.52. The van der Waals surface area contributed by atoms with Gasteiger partial charge in [0.1, 0.15) is 5.58 Å². The number of hydrogen-bond acceptors (Lipinski definition) is 7. The Bertz CT molecular complexity index is 1010. The first kappa shape index (κ1) is 19.1. The van der Waals surface area contributed by atoms with Crippen molar-refractivity contribution in [1.82, 2.24) is 15.3 Å². The van der Waals surface area contributed by atoms with Crippen molar-refractivity contribution < 1.29 is 23.3 Å². The maximum Gasteiger partial charge on any atom is 0.481 e. The molecule has 1 aliphatic rings. The largest absolute Gasteiger partial charge is 0.481 e. The predicted molar refractivity (Wildman–Crippen MR) is 105 cm³/mol. The summed E-state index contributed by atoms with van der Waals surface area (Å²) in [7, 11) is -0.674. The minimum Gasteiger partial charge on any atom is -0.464 e. The van der Waals surface area contributed by atoms with Crippen molar-refractivity contribution in [1.29, 1.82) is 0 Å². The fourth-order valence-electron chi connectivity index (χ4n) is 3.16. The van der Waals surface area contributed by atoms with E-state index < -0.39 is 24.9 Å². The van der Waals surface area contributed by atoms with Gasteiger partial charge in [-0.05, 0) is 25.0 Å². The molecule has 9 nitrogen and oxygen atoms in total. The summed E-state index contributed by atoms with van der Waals surface area (Å²) < 4.78 is 17.0. The highest BCUT2D eigenvalue weighted by Crippen LogP contribution is 2.23. The first-order chi connectivity index (χ1) is 14.1. The standard InChI is InChI=1S/C19H19BN4O5/c1-12-10-28-20(29-12)16(8-13-11-27-15-5-3-2-4-14(13)15)23-18(25)19(26)24-17-9-21-6-7-22-17/h2-7,9,11-12,16H,8,10H2,1H3,(H,23,25)(H,22,24,26)/t12?,16-/m0/s1. The second kappa shape index (κ2) is 8.42. The minimum absolute atomic E-state index is 0.103. The molecule has 3 aromatic rings. The van der Waals surface area contributed by atoms with Crippen LogP contribution >= 0.6 is 0 Å². The summed E-state index contributed by atoms with van der Waals surface area (Å²) >= 11 is 0. The molecule has 3 heterocycles. The van der Waals surface area contributed by atoms with Crippen molar-refractivity contribution in [3.05, 3.63) is 54.7 Å². The van der Waals surface area contributed by atoms with Crippen LogP contribution in [0.4, 0.5) is 5.82 Å². The Morgan fingerprint density at radius 3 is 2.90 bits per heavy atom. The van der Waals surface area contributed by atoms with Gasteiger partial charge in [-0.2, -0.15) is 0 Å². The Hall–Kier alpha value is -3.24. The van der Waals surface area contributed by atoms with Gasteiger partial charge in [0, 0.05) is 17.8 Å². The third-order valence-electron chi connectivity index (χ3n) is 4.52. The molecule has 148 valence electrons. The van der Waals surface area contributed by atoms with Crippen LogP contribution in [0.3, 0.4) is 0 Å². The van der Waals surface area contributed by atoms with E-state index in [0.717, 1.165) is 16.5 Å². The molecule has 4 rings (SSSR count). The van der Waals surface area contributed by atoms with Crippen molar-refractivity contribution in [2.75, 3.05) is 11.9 Å². The summed E-state index contributed by atoms with van der Waals surface area (Å²) in [6.07, 6.45) is 6.15. The van der Waals surface area contributed by atoms with Crippen LogP contribution in [0, 0.1) is 0 Å². The topological polar surface area (TPSA) is 116 Å². The van der Waals surface area contributed by atoms with Gasteiger partial charge in [0.15, 0.2) is 5.82 Å². The number of hydrogen-bond donors (Lipinski definition) is 2. The van der Waals surface area contributed by atoms with Crippen molar-refractivity contribution in [3.8, 4) is 0 Å². The van der Waals surface area contributed by atoms with Crippen LogP contribution in [0.5, 0.6) is 0 Å². The zero-order chi connectivity index (χ0) is 20.2. The fourth-order valence-corrected chi connectivity index (χ4v) is 3.16. The van der Waals surface area contributed by atoms with Gasteiger partial charge in [-0.3, -0.25) is 14.6 Å². The number of aromatic nitrogens is 2. The van der Waals surface area contributed by atoms with E-state index in [9.17, 15) is 9.59 Å². The summed E-state index contributed by atoms with van der Waals surface area (Å²) in [4.78, 5) is 32.5. The quantitative estimate of drug-likeness (QED) is 0.496. The van der Waals surface area contributed by atoms with Crippen LogP contribution in [-0.2, 0) is 25.3 Å². The van der Waals surface area contributed by atoms with Crippen LogP contribution in [0.1, 0.15) is 12.5 Å². The van der Waals surface area contributed by atoms with Crippen molar-refractivity contribution >= 4 is 35.7 Å². The highest BCUT2D eigenvalue weighted by molar-refractivity contribution is 6.49. The number of nitrogens with zero attached hydrogens (tertiary/aromatic N) is 2. The Balaban J connectivity index is 1.49. The van der Waals surface area contributed by atoms with Gasteiger partial charge in [-0.25, -0.2) is 4.98 Å². The zero-order valence-electron chi connectivity index (χ0n) is 15.7. The van der Waals surface area contributed by atoms with E-state index in [1.54, 1.807) is 6.26 Å². The van der Waals surface area contributed by atoms with Crippen molar-refractivity contribution in [2.45, 2.75) is 25.4 Å². The molecule has 0 spiro atoms. The number of fused-ring (bicyclic) bond motifs is 1. The van der Waals surface area contributed by atoms with E-state index in [2.05, 4.69) is 20.6 Å². The zero-order valence-corrected chi connectivity index (χ0v) is 15.7. The van der Waals surface area contributed by atoms with Crippen LogP contribution in [0.15, 0.2) is 53.5 Å². The van der Waals surface area contributed by atoms with Crippen LogP contribution in [0.2, 0.25) is 0 Å². The fraction of sp³-hybridized carbons (Fsp3) is 0.263. The van der Waals surface area contributed by atoms with E-state index in [4.69, 9.17) is 13.7 Å². The summed E-state index contributed by atoms with van der Waals surface area (Å²) in [5.41, 5.74) is 1.63. The lowest BCUT2D eigenvalue weighted by molar-refractivity contribution is -0.136. The number of furan rings is 1. The third kappa shape index (κ3) is 4.44. The number of carbonyl (C=O) groups excluding carboxylic acids is 2. The highest BCUT2D eigenvalue weighted by atomic mass is 16.6. The Morgan fingerprint density at radius 2 is 2.14 bits per heavy atom. The molecule has 0 saturated carbocycles. The number of amides is 2. The normalized spacial score (nSPS) is 17.3. The average molecular weight is 394 g/mol. The summed E-state index contributed by atoms with van der Waals surface area (Å²) in [5, 5.41) is 6.05. The summed E-state index contributed by atoms with van der Waals surface area (Å²) in [5.74, 6) is -2.06. The molecule has 29 heavy (non-hydrogen) atoms. The Kier molecular flexibility index (Phi) is 5.54. The SMILES string of the molecule is CC1COB([C@H](Cc2coc3ccccc23)NC(=O)C(=O)Nc2cnccn2)O1. The molecule has 2 atom stereocenters. The second-order valence-corrected chi connectivity index (χ2v) is 6.73. The number of anilines is 1. The lowest BCUT2D eigenvalue weighted by atomic mass is 9.75. The average Bonchev–Trinajstić information content (AvgIpc) is 3.34. The molecule has 0 aliphatic carbocycles. The first-order valence-corrected chi connectivity index (χ1v) is 9.20. The maximum absolute atomic E-state index is 12.5. The molecule has 1 fully saturated rings. The van der Waals surface area contributed by atoms with E-state index in [1.807, 2.05) is 31.2 Å². The van der Waals surface area contributed by atoms with Crippen LogP contribution in [-0.4, -0.2) is 47.6 Å². The molecule has 2 N–H and O–H groups in total. The molecule has 1 aromatic carbocycles. The van der Waals surface area contributed by atoms with E-state index in [-0.39, 0.29) is 11.9 Å². The second-order valence-electron chi connectivity index (χ2n) is 6.73. The monoisotopic (exact) mass is 394 g/mol. The molecule has 2 amide bonds. The molecule has 10 heteroatoms. The number of rotatable bonds is 5. The Labute approximate surface area is 166 Å². The lowest BCUT2D eigenvalue weighted by Gasteiger charge is -2.20. The van der Waals surface area contributed by atoms with E-state index in [0.29, 0.717) is 13.0 Å². The van der Waals surface area contributed by atoms with Crippen molar-refractivity contribution in [3.63, 3.8) is 0 Å². The minimum atomic E-state index is -0.849. The Morgan fingerprint density at radius 1 is 1.28 bits per heavy atom. The summed E-state index contributed by atoms with van der Waals surface area (Å²) in [6.45, 7) is 2.29. The van der Waals surface area contributed by atoms with Crippen molar-refractivity contribution in [2.24, 2.45) is 0 Å². The van der Waals surface area contributed by atoms with Gasteiger partial charge < -0.3 is 24.4 Å².